The number of rotatable bonds is 10. The summed E-state index contributed by atoms with van der Waals surface area (Å²) in [4.78, 5) is 27.7. The first-order chi connectivity index (χ1) is 14.3. The second-order valence-corrected chi connectivity index (χ2v) is 8.06. The van der Waals surface area contributed by atoms with E-state index in [1.54, 1.807) is 4.90 Å². The van der Waals surface area contributed by atoms with Crippen molar-refractivity contribution in [3.05, 3.63) is 65.2 Å². The van der Waals surface area contributed by atoms with Gasteiger partial charge in [-0.1, -0.05) is 63.2 Å². The van der Waals surface area contributed by atoms with E-state index in [1.807, 2.05) is 83.1 Å². The maximum absolute atomic E-state index is 13.2. The molecule has 0 saturated carbocycles. The fourth-order valence-corrected chi connectivity index (χ4v) is 3.23. The van der Waals surface area contributed by atoms with Gasteiger partial charge in [0.25, 0.3) is 5.91 Å². The molecule has 0 spiro atoms. The van der Waals surface area contributed by atoms with Crippen LogP contribution in [0.4, 0.5) is 0 Å². The van der Waals surface area contributed by atoms with Crippen molar-refractivity contribution in [1.82, 2.24) is 10.2 Å². The maximum atomic E-state index is 13.2. The number of carbonyl (C=O) groups excluding carboxylic acids is 2. The normalized spacial score (nSPS) is 11.8. The molecule has 0 aliphatic carbocycles. The molecule has 2 amide bonds. The van der Waals surface area contributed by atoms with Gasteiger partial charge in [-0.05, 0) is 48.9 Å². The van der Waals surface area contributed by atoms with E-state index >= 15 is 0 Å². The first-order valence-electron chi connectivity index (χ1n) is 10.6. The number of amides is 2. The molecule has 5 heteroatoms. The van der Waals surface area contributed by atoms with Gasteiger partial charge in [0.15, 0.2) is 6.61 Å². The number of hydrogen-bond acceptors (Lipinski definition) is 3. The monoisotopic (exact) mass is 410 g/mol. The third kappa shape index (κ3) is 6.61. The molecular formula is C25H34N2O3. The first-order valence-corrected chi connectivity index (χ1v) is 10.6. The summed E-state index contributed by atoms with van der Waals surface area (Å²) in [5.74, 6) is 0.714. The minimum atomic E-state index is -0.543. The second-order valence-electron chi connectivity index (χ2n) is 8.06. The first kappa shape index (κ1) is 23.5. The van der Waals surface area contributed by atoms with Gasteiger partial charge in [-0.15, -0.1) is 0 Å². The highest BCUT2D eigenvalue weighted by Gasteiger charge is 2.29. The van der Waals surface area contributed by atoms with Crippen molar-refractivity contribution >= 4 is 11.8 Å². The zero-order valence-electron chi connectivity index (χ0n) is 18.8. The Labute approximate surface area is 180 Å². The molecule has 0 aliphatic heterocycles. The Morgan fingerprint density at radius 2 is 1.73 bits per heavy atom. The van der Waals surface area contributed by atoms with Gasteiger partial charge in [0.1, 0.15) is 11.8 Å². The average molecular weight is 411 g/mol. The van der Waals surface area contributed by atoms with Gasteiger partial charge < -0.3 is 15.0 Å². The molecule has 2 aromatic rings. The lowest BCUT2D eigenvalue weighted by atomic mass is 10.1. The lowest BCUT2D eigenvalue weighted by molar-refractivity contribution is -0.143. The Bertz CT molecular complexity index is 834. The van der Waals surface area contributed by atoms with Crippen molar-refractivity contribution in [3.63, 3.8) is 0 Å². The SMILES string of the molecule is CCC(C(=O)NCC(C)C)N(Cc1ccccc1)C(=O)COc1cccc(C)c1C. The van der Waals surface area contributed by atoms with E-state index in [-0.39, 0.29) is 18.4 Å². The minimum Gasteiger partial charge on any atom is -0.483 e. The Hall–Kier alpha value is -2.82. The third-order valence-corrected chi connectivity index (χ3v) is 5.17. The van der Waals surface area contributed by atoms with Crippen molar-refractivity contribution in [1.29, 1.82) is 0 Å². The molecule has 0 aromatic heterocycles. The van der Waals surface area contributed by atoms with Crippen LogP contribution < -0.4 is 10.1 Å². The van der Waals surface area contributed by atoms with Crippen LogP contribution in [0.1, 0.15) is 43.9 Å². The van der Waals surface area contributed by atoms with E-state index in [1.165, 1.54) is 0 Å². The molecular weight excluding hydrogens is 376 g/mol. The summed E-state index contributed by atoms with van der Waals surface area (Å²) in [6.07, 6.45) is 0.534. The molecule has 2 aromatic carbocycles. The Balaban J connectivity index is 2.19. The summed E-state index contributed by atoms with van der Waals surface area (Å²) < 4.78 is 5.85. The van der Waals surface area contributed by atoms with E-state index in [2.05, 4.69) is 5.32 Å². The van der Waals surface area contributed by atoms with Gasteiger partial charge in [0.05, 0.1) is 0 Å². The molecule has 0 radical (unpaired) electrons. The number of aryl methyl sites for hydroxylation is 1. The van der Waals surface area contributed by atoms with Gasteiger partial charge in [0.2, 0.25) is 5.91 Å². The quantitative estimate of drug-likeness (QED) is 0.637. The number of benzene rings is 2. The Morgan fingerprint density at radius 3 is 2.37 bits per heavy atom. The van der Waals surface area contributed by atoms with Crippen molar-refractivity contribution < 1.29 is 14.3 Å². The van der Waals surface area contributed by atoms with Gasteiger partial charge in [-0.3, -0.25) is 9.59 Å². The number of nitrogens with zero attached hydrogens (tertiary/aromatic N) is 1. The topological polar surface area (TPSA) is 58.6 Å². The van der Waals surface area contributed by atoms with Gasteiger partial charge in [0, 0.05) is 13.1 Å². The van der Waals surface area contributed by atoms with Crippen LogP contribution in [0, 0.1) is 19.8 Å². The van der Waals surface area contributed by atoms with Crippen LogP contribution in [0.15, 0.2) is 48.5 Å². The maximum Gasteiger partial charge on any atom is 0.261 e. The van der Waals surface area contributed by atoms with Crippen molar-refractivity contribution in [3.8, 4) is 5.75 Å². The number of carbonyl (C=O) groups is 2. The molecule has 1 unspecified atom stereocenters. The van der Waals surface area contributed by atoms with Crippen LogP contribution in [-0.4, -0.2) is 35.9 Å². The molecule has 0 fully saturated rings. The molecule has 1 N–H and O–H groups in total. The van der Waals surface area contributed by atoms with E-state index in [0.29, 0.717) is 31.2 Å². The predicted octanol–water partition coefficient (Wildman–Crippen LogP) is 4.26. The molecule has 162 valence electrons. The van der Waals surface area contributed by atoms with Crippen LogP contribution in [-0.2, 0) is 16.1 Å². The average Bonchev–Trinajstić information content (AvgIpc) is 2.73. The molecule has 0 bridgehead atoms. The molecule has 0 aliphatic rings. The van der Waals surface area contributed by atoms with Crippen LogP contribution in [0.3, 0.4) is 0 Å². The number of nitrogens with one attached hydrogen (secondary N) is 1. The lowest BCUT2D eigenvalue weighted by Crippen LogP contribution is -2.50. The van der Waals surface area contributed by atoms with Gasteiger partial charge in [-0.25, -0.2) is 0 Å². The molecule has 30 heavy (non-hydrogen) atoms. The molecule has 0 heterocycles. The zero-order chi connectivity index (χ0) is 22.1. The fourth-order valence-electron chi connectivity index (χ4n) is 3.23. The summed E-state index contributed by atoms with van der Waals surface area (Å²) in [5, 5.41) is 2.97. The summed E-state index contributed by atoms with van der Waals surface area (Å²) in [6, 6.07) is 15.0. The third-order valence-electron chi connectivity index (χ3n) is 5.17. The second kappa shape index (κ2) is 11.4. The molecule has 2 rings (SSSR count). The Kier molecular flexibility index (Phi) is 8.90. The highest BCUT2D eigenvalue weighted by molar-refractivity contribution is 5.88. The van der Waals surface area contributed by atoms with Crippen LogP contribution >= 0.6 is 0 Å². The number of hydrogen-bond donors (Lipinski definition) is 1. The van der Waals surface area contributed by atoms with Crippen LogP contribution in [0.5, 0.6) is 5.75 Å². The standard InChI is InChI=1S/C25H34N2O3/c1-6-22(25(29)26-15-18(2)3)27(16-21-12-8-7-9-13-21)24(28)17-30-23-14-10-11-19(4)20(23)5/h7-14,18,22H,6,15-17H2,1-5H3,(H,26,29). The van der Waals surface area contributed by atoms with Gasteiger partial charge >= 0.3 is 0 Å². The fraction of sp³-hybridized carbons (Fsp3) is 0.440. The predicted molar refractivity (Wildman–Crippen MR) is 120 cm³/mol. The van der Waals surface area contributed by atoms with E-state index in [0.717, 1.165) is 16.7 Å². The number of ether oxygens (including phenoxy) is 1. The summed E-state index contributed by atoms with van der Waals surface area (Å²) in [5.41, 5.74) is 3.11. The summed E-state index contributed by atoms with van der Waals surface area (Å²) in [6.45, 7) is 10.9. The van der Waals surface area contributed by atoms with E-state index < -0.39 is 6.04 Å². The van der Waals surface area contributed by atoms with Crippen molar-refractivity contribution in [2.24, 2.45) is 5.92 Å². The lowest BCUT2D eigenvalue weighted by Gasteiger charge is -2.31. The molecule has 5 nitrogen and oxygen atoms in total. The van der Waals surface area contributed by atoms with Crippen molar-refractivity contribution in [2.75, 3.05) is 13.2 Å². The minimum absolute atomic E-state index is 0.106. The van der Waals surface area contributed by atoms with Crippen LogP contribution in [0.25, 0.3) is 0 Å². The van der Waals surface area contributed by atoms with Crippen LogP contribution in [0.2, 0.25) is 0 Å². The smallest absolute Gasteiger partial charge is 0.261 e. The summed E-state index contributed by atoms with van der Waals surface area (Å²) >= 11 is 0. The van der Waals surface area contributed by atoms with Gasteiger partial charge in [-0.2, -0.15) is 0 Å². The zero-order valence-corrected chi connectivity index (χ0v) is 18.8. The largest absolute Gasteiger partial charge is 0.483 e. The highest BCUT2D eigenvalue weighted by Crippen LogP contribution is 2.21. The van der Waals surface area contributed by atoms with Crippen molar-refractivity contribution in [2.45, 2.75) is 53.6 Å². The highest BCUT2D eigenvalue weighted by atomic mass is 16.5. The Morgan fingerprint density at radius 1 is 1.03 bits per heavy atom. The van der Waals surface area contributed by atoms with E-state index in [9.17, 15) is 9.59 Å². The molecule has 0 saturated heterocycles. The molecule has 1 atom stereocenters. The van der Waals surface area contributed by atoms with E-state index in [4.69, 9.17) is 4.74 Å². The summed E-state index contributed by atoms with van der Waals surface area (Å²) in [7, 11) is 0.